The van der Waals surface area contributed by atoms with Crippen molar-refractivity contribution in [3.8, 4) is 0 Å². The zero-order valence-electron chi connectivity index (χ0n) is 5.90. The van der Waals surface area contributed by atoms with E-state index in [-0.39, 0.29) is 4.70 Å². The van der Waals surface area contributed by atoms with Gasteiger partial charge in [0.15, 0.2) is 0 Å². The second-order valence-corrected chi connectivity index (χ2v) is 1.89. The number of hydrogen-bond donors (Lipinski definition) is 0. The Morgan fingerprint density at radius 3 is 2.45 bits per heavy atom. The van der Waals surface area contributed by atoms with Crippen LogP contribution >= 0.6 is 0 Å². The Morgan fingerprint density at radius 1 is 1.27 bits per heavy atom. The molecule has 0 saturated carbocycles. The van der Waals surface area contributed by atoms with Crippen LogP contribution in [-0.2, 0) is 16.1 Å². The van der Waals surface area contributed by atoms with E-state index in [1.54, 1.807) is 0 Å². The summed E-state index contributed by atoms with van der Waals surface area (Å²) in [4.78, 5) is 9.76. The molecular weight excluding hydrogens is 147 g/mol. The van der Waals surface area contributed by atoms with Gasteiger partial charge < -0.3 is 4.74 Å². The minimum absolute atomic E-state index is 0. The quantitative estimate of drug-likeness (QED) is 0.620. The lowest BCUT2D eigenvalue weighted by Gasteiger charge is -1.95. The molecule has 0 aliphatic rings. The van der Waals surface area contributed by atoms with E-state index in [1.807, 2.05) is 30.3 Å². The fourth-order valence-corrected chi connectivity index (χ4v) is 0.704. The molecule has 0 heterocycles. The molecule has 0 N–H and O–H groups in total. The third-order valence-electron chi connectivity index (χ3n) is 1.16. The molecule has 3 heteroatoms. The molecule has 0 unspecified atom stereocenters. The average Bonchev–Trinajstić information content (AvgIpc) is 2.03. The summed E-state index contributed by atoms with van der Waals surface area (Å²) in [7, 11) is 0. The van der Waals surface area contributed by atoms with Gasteiger partial charge in [0.25, 0.3) is 6.47 Å². The fourth-order valence-electron chi connectivity index (χ4n) is 0.704. The Kier molecular flexibility index (Phi) is 4.73. The van der Waals surface area contributed by atoms with E-state index in [4.69, 9.17) is 0 Å². The molecule has 0 aromatic heterocycles. The van der Waals surface area contributed by atoms with Gasteiger partial charge in [0.1, 0.15) is 6.61 Å². The maximum atomic E-state index is 9.76. The number of rotatable bonds is 3. The van der Waals surface area contributed by atoms with Crippen molar-refractivity contribution in [2.45, 2.75) is 6.61 Å². The molecule has 0 atom stereocenters. The maximum absolute atomic E-state index is 9.76. The van der Waals surface area contributed by atoms with Gasteiger partial charge in [0, 0.05) is 0 Å². The zero-order chi connectivity index (χ0) is 7.23. The Morgan fingerprint density at radius 2 is 1.91 bits per heavy atom. The van der Waals surface area contributed by atoms with Gasteiger partial charge >= 0.3 is 0 Å². The molecule has 0 saturated heterocycles. The molecule has 0 spiro atoms. The molecule has 0 amide bonds. The van der Waals surface area contributed by atoms with Crippen LogP contribution in [0.3, 0.4) is 0 Å². The van der Waals surface area contributed by atoms with Crippen molar-refractivity contribution in [1.29, 1.82) is 0 Å². The SMILES string of the molecule is F.O=COCc1ccccc1. The molecule has 0 fully saturated rings. The summed E-state index contributed by atoms with van der Waals surface area (Å²) in [6.45, 7) is 0.817. The molecule has 0 radical (unpaired) electrons. The van der Waals surface area contributed by atoms with Gasteiger partial charge in [0.05, 0.1) is 0 Å². The fraction of sp³-hybridized carbons (Fsp3) is 0.125. The lowest BCUT2D eigenvalue weighted by Crippen LogP contribution is -1.88. The predicted octanol–water partition coefficient (Wildman–Crippen LogP) is 1.51. The number of benzene rings is 1. The van der Waals surface area contributed by atoms with Crippen molar-refractivity contribution in [1.82, 2.24) is 0 Å². The van der Waals surface area contributed by atoms with Crippen LogP contribution in [0.2, 0.25) is 0 Å². The highest BCUT2D eigenvalue weighted by molar-refractivity contribution is 5.37. The molecule has 0 aliphatic carbocycles. The second-order valence-electron chi connectivity index (χ2n) is 1.89. The largest absolute Gasteiger partial charge is 0.463 e. The molecule has 1 aromatic rings. The van der Waals surface area contributed by atoms with Crippen molar-refractivity contribution >= 4 is 6.47 Å². The number of halogens is 1. The van der Waals surface area contributed by atoms with Gasteiger partial charge in [-0.25, -0.2) is 0 Å². The first-order valence-corrected chi connectivity index (χ1v) is 3.02. The minimum Gasteiger partial charge on any atom is -0.463 e. The minimum atomic E-state index is 0. The summed E-state index contributed by atoms with van der Waals surface area (Å²) in [5.41, 5.74) is 1.01. The smallest absolute Gasteiger partial charge is 0.293 e. The number of ether oxygens (including phenoxy) is 1. The van der Waals surface area contributed by atoms with Crippen LogP contribution in [-0.4, -0.2) is 6.47 Å². The first kappa shape index (κ1) is 9.62. The molecule has 60 valence electrons. The standard InChI is InChI=1S/C8H8O2.FH/c9-7-10-6-8-4-2-1-3-5-8;/h1-5,7H,6H2;1H. The molecule has 2 nitrogen and oxygen atoms in total. The third kappa shape index (κ3) is 3.35. The van der Waals surface area contributed by atoms with Crippen LogP contribution in [0.1, 0.15) is 5.56 Å². The number of carbonyl (C=O) groups excluding carboxylic acids is 1. The average molecular weight is 156 g/mol. The summed E-state index contributed by atoms with van der Waals surface area (Å²) < 4.78 is 4.54. The van der Waals surface area contributed by atoms with Crippen molar-refractivity contribution in [3.05, 3.63) is 35.9 Å². The summed E-state index contributed by atoms with van der Waals surface area (Å²) >= 11 is 0. The van der Waals surface area contributed by atoms with Crippen molar-refractivity contribution < 1.29 is 14.2 Å². The highest BCUT2D eigenvalue weighted by atomic mass is 19.0. The molecule has 1 aromatic carbocycles. The highest BCUT2D eigenvalue weighted by Crippen LogP contribution is 1.98. The Bertz CT molecular complexity index is 199. The van der Waals surface area contributed by atoms with E-state index in [1.165, 1.54) is 0 Å². The monoisotopic (exact) mass is 156 g/mol. The van der Waals surface area contributed by atoms with Crippen molar-refractivity contribution in [2.75, 3.05) is 0 Å². The van der Waals surface area contributed by atoms with Crippen LogP contribution < -0.4 is 0 Å². The van der Waals surface area contributed by atoms with E-state index in [0.29, 0.717) is 13.1 Å². The summed E-state index contributed by atoms with van der Waals surface area (Å²) in [5.74, 6) is 0. The topological polar surface area (TPSA) is 26.3 Å². The lowest BCUT2D eigenvalue weighted by molar-refractivity contribution is -0.129. The first-order valence-electron chi connectivity index (χ1n) is 3.02. The Labute approximate surface area is 64.2 Å². The lowest BCUT2D eigenvalue weighted by atomic mass is 10.2. The van der Waals surface area contributed by atoms with Gasteiger partial charge in [-0.15, -0.1) is 0 Å². The Balaban J connectivity index is 0.000001000. The van der Waals surface area contributed by atoms with E-state index in [0.717, 1.165) is 5.56 Å². The maximum Gasteiger partial charge on any atom is 0.293 e. The van der Waals surface area contributed by atoms with E-state index in [9.17, 15) is 4.79 Å². The third-order valence-corrected chi connectivity index (χ3v) is 1.16. The summed E-state index contributed by atoms with van der Waals surface area (Å²) in [5, 5.41) is 0. The van der Waals surface area contributed by atoms with Gasteiger partial charge in [-0.2, -0.15) is 0 Å². The van der Waals surface area contributed by atoms with Gasteiger partial charge in [0.2, 0.25) is 0 Å². The molecule has 0 bridgehead atoms. The van der Waals surface area contributed by atoms with Gasteiger partial charge in [-0.3, -0.25) is 9.50 Å². The molecule has 11 heavy (non-hydrogen) atoms. The van der Waals surface area contributed by atoms with Crippen LogP contribution in [0.5, 0.6) is 0 Å². The summed E-state index contributed by atoms with van der Waals surface area (Å²) in [6.07, 6.45) is 0. The molecule has 0 aliphatic heterocycles. The van der Waals surface area contributed by atoms with E-state index >= 15 is 0 Å². The first-order chi connectivity index (χ1) is 4.93. The van der Waals surface area contributed by atoms with Crippen LogP contribution in [0.15, 0.2) is 30.3 Å². The van der Waals surface area contributed by atoms with Crippen LogP contribution in [0.25, 0.3) is 0 Å². The molecule has 1 rings (SSSR count). The van der Waals surface area contributed by atoms with Crippen molar-refractivity contribution in [2.24, 2.45) is 0 Å². The van der Waals surface area contributed by atoms with Gasteiger partial charge in [-0.1, -0.05) is 30.3 Å². The normalized spacial score (nSPS) is 8.00. The van der Waals surface area contributed by atoms with E-state index in [2.05, 4.69) is 4.74 Å². The van der Waals surface area contributed by atoms with Crippen LogP contribution in [0.4, 0.5) is 4.70 Å². The zero-order valence-corrected chi connectivity index (χ0v) is 5.90. The van der Waals surface area contributed by atoms with Crippen LogP contribution in [0, 0.1) is 0 Å². The molecular formula is C8H9FO2. The number of hydrogen-bond acceptors (Lipinski definition) is 2. The predicted molar refractivity (Wildman–Crippen MR) is 39.8 cm³/mol. The van der Waals surface area contributed by atoms with Gasteiger partial charge in [-0.05, 0) is 5.56 Å². The number of carbonyl (C=O) groups is 1. The highest BCUT2D eigenvalue weighted by Gasteiger charge is 1.87. The van der Waals surface area contributed by atoms with E-state index < -0.39 is 0 Å². The summed E-state index contributed by atoms with van der Waals surface area (Å²) in [6, 6.07) is 9.55. The second kappa shape index (κ2) is 5.41. The van der Waals surface area contributed by atoms with Crippen molar-refractivity contribution in [3.63, 3.8) is 0 Å². The Hall–Kier alpha value is -1.38.